The Kier molecular flexibility index (Phi) is 6.09. The number of carboxylic acids is 1. The van der Waals surface area contributed by atoms with E-state index < -0.39 is 5.97 Å². The van der Waals surface area contributed by atoms with Crippen LogP contribution in [0.3, 0.4) is 0 Å². The lowest BCUT2D eigenvalue weighted by atomic mass is 10.2. The van der Waals surface area contributed by atoms with Crippen molar-refractivity contribution in [3.63, 3.8) is 0 Å². The van der Waals surface area contributed by atoms with Gasteiger partial charge in [-0.05, 0) is 61.0 Å². The predicted octanol–water partition coefficient (Wildman–Crippen LogP) is 6.93. The fraction of sp³-hybridized carbons (Fsp3) is 0.185. The van der Waals surface area contributed by atoms with Crippen molar-refractivity contribution >= 4 is 38.4 Å². The lowest BCUT2D eigenvalue weighted by molar-refractivity contribution is -0.137. The smallest absolute Gasteiger partial charge is 0.303 e. The Morgan fingerprint density at radius 1 is 0.939 bits per heavy atom. The van der Waals surface area contributed by atoms with Crippen LogP contribution >= 0.6 is 11.3 Å². The van der Waals surface area contributed by atoms with Crippen LogP contribution in [0.25, 0.3) is 37.5 Å². The Morgan fingerprint density at radius 2 is 1.76 bits per heavy atom. The molecule has 0 aliphatic carbocycles. The molecule has 0 bridgehead atoms. The number of fused-ring (bicyclic) bond motifs is 2. The molecule has 5 nitrogen and oxygen atoms in total. The van der Waals surface area contributed by atoms with Gasteiger partial charge in [-0.25, -0.2) is 4.98 Å². The molecule has 166 valence electrons. The number of carbonyl (C=O) groups is 1. The highest BCUT2D eigenvalue weighted by Gasteiger charge is 2.17. The summed E-state index contributed by atoms with van der Waals surface area (Å²) in [6, 6.07) is 26.9. The van der Waals surface area contributed by atoms with Gasteiger partial charge in [0.2, 0.25) is 0 Å². The van der Waals surface area contributed by atoms with E-state index in [9.17, 15) is 4.79 Å². The van der Waals surface area contributed by atoms with Crippen LogP contribution in [-0.4, -0.2) is 27.2 Å². The van der Waals surface area contributed by atoms with E-state index in [0.29, 0.717) is 13.0 Å². The molecule has 5 aromatic rings. The highest BCUT2D eigenvalue weighted by molar-refractivity contribution is 7.22. The number of benzene rings is 3. The van der Waals surface area contributed by atoms with Crippen molar-refractivity contribution in [2.75, 3.05) is 6.61 Å². The summed E-state index contributed by atoms with van der Waals surface area (Å²) in [5, 5.41) is 9.97. The maximum Gasteiger partial charge on any atom is 0.303 e. The summed E-state index contributed by atoms with van der Waals surface area (Å²) >= 11 is 1.75. The van der Waals surface area contributed by atoms with Crippen LogP contribution in [0, 0.1) is 0 Å². The first-order valence-corrected chi connectivity index (χ1v) is 11.9. The van der Waals surface area contributed by atoms with Crippen LogP contribution in [0.5, 0.6) is 5.75 Å². The maximum absolute atomic E-state index is 10.6. The third-order valence-corrected chi connectivity index (χ3v) is 6.70. The standard InChI is InChI=1S/C27H24N2O3S/c30-26(31)13-5-2-8-16-32-21-14-15-22-23(18-21)29(20-10-3-1-4-11-20)27(28-22)25-17-19-9-6-7-12-24(19)33-25/h1,3-4,6-7,9-12,14-15,17-18H,2,5,8,13,16H2,(H,30,31). The van der Waals surface area contributed by atoms with Gasteiger partial charge in [0.1, 0.15) is 5.75 Å². The fourth-order valence-electron chi connectivity index (χ4n) is 3.99. The minimum absolute atomic E-state index is 0.211. The van der Waals surface area contributed by atoms with E-state index in [1.54, 1.807) is 11.3 Å². The number of thiophene rings is 1. The Labute approximate surface area is 195 Å². The minimum atomic E-state index is -0.745. The summed E-state index contributed by atoms with van der Waals surface area (Å²) < 4.78 is 9.43. The molecule has 0 spiro atoms. The molecule has 0 aliphatic rings. The number of ether oxygens (including phenoxy) is 1. The third kappa shape index (κ3) is 4.61. The number of aromatic nitrogens is 2. The SMILES string of the molecule is O=C(O)CCCCCOc1ccc2nc(-c3cc4ccccc4s3)n(-c3ccccc3)c2c1. The molecule has 2 aromatic heterocycles. The number of nitrogens with zero attached hydrogens (tertiary/aromatic N) is 2. The van der Waals surface area contributed by atoms with Crippen LogP contribution in [-0.2, 0) is 4.79 Å². The number of hydrogen-bond acceptors (Lipinski definition) is 4. The van der Waals surface area contributed by atoms with Gasteiger partial charge in [0, 0.05) is 22.9 Å². The van der Waals surface area contributed by atoms with E-state index >= 15 is 0 Å². The van der Waals surface area contributed by atoms with Gasteiger partial charge in [0.25, 0.3) is 0 Å². The molecule has 0 saturated heterocycles. The summed E-state index contributed by atoms with van der Waals surface area (Å²) in [6.45, 7) is 0.563. The zero-order valence-electron chi connectivity index (χ0n) is 18.1. The van der Waals surface area contributed by atoms with Gasteiger partial charge in [-0.2, -0.15) is 0 Å². The van der Waals surface area contributed by atoms with Crippen molar-refractivity contribution in [3.8, 4) is 22.1 Å². The first kappa shape index (κ1) is 21.2. The fourth-order valence-corrected chi connectivity index (χ4v) is 5.03. The Bertz CT molecular complexity index is 1370. The van der Waals surface area contributed by atoms with Gasteiger partial charge in [0.15, 0.2) is 5.82 Å². The van der Waals surface area contributed by atoms with Crippen LogP contribution < -0.4 is 4.74 Å². The molecule has 0 fully saturated rings. The van der Waals surface area contributed by atoms with Crippen molar-refractivity contribution in [2.24, 2.45) is 0 Å². The van der Waals surface area contributed by atoms with Crippen LogP contribution in [0.4, 0.5) is 0 Å². The lowest BCUT2D eigenvalue weighted by Crippen LogP contribution is -2.00. The summed E-state index contributed by atoms with van der Waals surface area (Å²) in [6.07, 6.45) is 2.56. The van der Waals surface area contributed by atoms with Gasteiger partial charge in [-0.1, -0.05) is 36.4 Å². The molecule has 0 atom stereocenters. The van der Waals surface area contributed by atoms with E-state index in [0.717, 1.165) is 46.0 Å². The van der Waals surface area contributed by atoms with Crippen LogP contribution in [0.1, 0.15) is 25.7 Å². The average molecular weight is 457 g/mol. The summed E-state index contributed by atoms with van der Waals surface area (Å²) in [5.74, 6) is 0.967. The molecule has 0 amide bonds. The lowest BCUT2D eigenvalue weighted by Gasteiger charge is -2.10. The molecule has 2 heterocycles. The van der Waals surface area contributed by atoms with E-state index in [4.69, 9.17) is 14.8 Å². The first-order chi connectivity index (χ1) is 16.2. The Hall–Kier alpha value is -3.64. The summed E-state index contributed by atoms with van der Waals surface area (Å²) in [5.41, 5.74) is 2.97. The van der Waals surface area contributed by atoms with Gasteiger partial charge in [0.05, 0.1) is 22.5 Å². The van der Waals surface area contributed by atoms with Gasteiger partial charge in [-0.3, -0.25) is 9.36 Å². The zero-order valence-corrected chi connectivity index (χ0v) is 18.9. The van der Waals surface area contributed by atoms with Gasteiger partial charge >= 0.3 is 5.97 Å². The maximum atomic E-state index is 10.6. The van der Waals surface area contributed by atoms with Gasteiger partial charge < -0.3 is 9.84 Å². The van der Waals surface area contributed by atoms with E-state index in [2.05, 4.69) is 47.0 Å². The van der Waals surface area contributed by atoms with Crippen LogP contribution in [0.15, 0.2) is 78.9 Å². The monoisotopic (exact) mass is 456 g/mol. The van der Waals surface area contributed by atoms with Crippen LogP contribution in [0.2, 0.25) is 0 Å². The zero-order chi connectivity index (χ0) is 22.6. The average Bonchev–Trinajstić information content (AvgIpc) is 3.43. The molecule has 1 N–H and O–H groups in total. The molecule has 0 unspecified atom stereocenters. The van der Waals surface area contributed by atoms with Gasteiger partial charge in [-0.15, -0.1) is 11.3 Å². The number of unbranched alkanes of at least 4 members (excludes halogenated alkanes) is 2. The number of hydrogen-bond donors (Lipinski definition) is 1. The van der Waals surface area contributed by atoms with Crippen molar-refractivity contribution in [1.82, 2.24) is 9.55 Å². The molecule has 0 radical (unpaired) electrons. The second-order valence-electron chi connectivity index (χ2n) is 7.96. The minimum Gasteiger partial charge on any atom is -0.494 e. The Balaban J connectivity index is 1.48. The van der Waals surface area contributed by atoms with E-state index in [-0.39, 0.29) is 6.42 Å². The normalized spacial score (nSPS) is 11.3. The van der Waals surface area contributed by atoms with Crippen molar-refractivity contribution < 1.29 is 14.6 Å². The quantitative estimate of drug-likeness (QED) is 0.244. The highest BCUT2D eigenvalue weighted by Crippen LogP contribution is 2.37. The predicted molar refractivity (Wildman–Crippen MR) is 133 cm³/mol. The second kappa shape index (κ2) is 9.46. The molecule has 0 aliphatic heterocycles. The summed E-state index contributed by atoms with van der Waals surface area (Å²) in [7, 11) is 0. The van der Waals surface area contributed by atoms with E-state index in [1.807, 2.05) is 36.4 Å². The molecule has 6 heteroatoms. The molecular weight excluding hydrogens is 432 g/mol. The van der Waals surface area contributed by atoms with Crippen molar-refractivity contribution in [2.45, 2.75) is 25.7 Å². The number of rotatable bonds is 9. The Morgan fingerprint density at radius 3 is 2.58 bits per heavy atom. The highest BCUT2D eigenvalue weighted by atomic mass is 32.1. The second-order valence-corrected chi connectivity index (χ2v) is 9.04. The summed E-state index contributed by atoms with van der Waals surface area (Å²) in [4.78, 5) is 16.8. The van der Waals surface area contributed by atoms with Crippen molar-refractivity contribution in [3.05, 3.63) is 78.9 Å². The third-order valence-electron chi connectivity index (χ3n) is 5.59. The molecular formula is C27H24N2O3S. The number of imidazole rings is 1. The number of carboxylic acid groups (broad SMARTS) is 1. The first-order valence-electron chi connectivity index (χ1n) is 11.1. The molecule has 0 saturated carbocycles. The largest absolute Gasteiger partial charge is 0.494 e. The molecule has 5 rings (SSSR count). The van der Waals surface area contributed by atoms with E-state index in [1.165, 1.54) is 10.1 Å². The number of aliphatic carboxylic acids is 1. The molecule has 3 aromatic carbocycles. The van der Waals surface area contributed by atoms with Crippen molar-refractivity contribution in [1.29, 1.82) is 0 Å². The number of para-hydroxylation sites is 1. The topological polar surface area (TPSA) is 64.3 Å². The molecule has 33 heavy (non-hydrogen) atoms.